The summed E-state index contributed by atoms with van der Waals surface area (Å²) < 4.78 is 31.2. The lowest BCUT2D eigenvalue weighted by molar-refractivity contribution is -0.145. The molecule has 1 unspecified atom stereocenters. The van der Waals surface area contributed by atoms with E-state index in [9.17, 15) is 13.6 Å². The van der Waals surface area contributed by atoms with Crippen molar-refractivity contribution in [3.63, 3.8) is 0 Å². The number of ether oxygens (including phenoxy) is 1. The van der Waals surface area contributed by atoms with Gasteiger partial charge in [-0.15, -0.1) is 0 Å². The zero-order valence-electron chi connectivity index (χ0n) is 12.0. The van der Waals surface area contributed by atoms with Crippen LogP contribution in [0.4, 0.5) is 8.78 Å². The van der Waals surface area contributed by atoms with Gasteiger partial charge in [0, 0.05) is 13.1 Å². The van der Waals surface area contributed by atoms with E-state index in [1.807, 2.05) is 19.0 Å². The monoisotopic (exact) mass is 286 g/mol. The fraction of sp³-hybridized carbons (Fsp3) is 0.500. The minimum Gasteiger partial charge on any atom is -0.465 e. The molecule has 0 aliphatic carbocycles. The summed E-state index contributed by atoms with van der Waals surface area (Å²) in [7, 11) is 3.80. The molecule has 20 heavy (non-hydrogen) atoms. The maximum Gasteiger partial charge on any atom is 0.327 e. The lowest BCUT2D eigenvalue weighted by Crippen LogP contribution is -2.35. The zero-order valence-corrected chi connectivity index (χ0v) is 12.0. The van der Waals surface area contributed by atoms with Gasteiger partial charge in [0.25, 0.3) is 0 Å². The van der Waals surface area contributed by atoms with Crippen LogP contribution in [0, 0.1) is 11.6 Å². The standard InChI is InChI=1S/C14H20F2N2O2/c1-4-20-14(19)13(17-7-8-18(2)3)10-5-6-11(15)12(16)9-10/h5-6,9,13,17H,4,7-8H2,1-3H3. The molecule has 1 atom stereocenters. The van der Waals surface area contributed by atoms with Crippen molar-refractivity contribution in [2.45, 2.75) is 13.0 Å². The fourth-order valence-electron chi connectivity index (χ4n) is 1.69. The lowest BCUT2D eigenvalue weighted by atomic mass is 10.1. The number of nitrogens with one attached hydrogen (secondary N) is 1. The number of carbonyl (C=O) groups is 1. The van der Waals surface area contributed by atoms with Gasteiger partial charge in [-0.25, -0.2) is 13.6 Å². The first-order chi connectivity index (χ1) is 9.45. The minimum atomic E-state index is -0.980. The molecular formula is C14H20F2N2O2. The predicted molar refractivity (Wildman–Crippen MR) is 72.3 cm³/mol. The molecule has 0 bridgehead atoms. The molecule has 0 saturated carbocycles. The molecular weight excluding hydrogens is 266 g/mol. The van der Waals surface area contributed by atoms with Crippen molar-refractivity contribution >= 4 is 5.97 Å². The van der Waals surface area contributed by atoms with E-state index >= 15 is 0 Å². The first-order valence-corrected chi connectivity index (χ1v) is 6.45. The van der Waals surface area contributed by atoms with Crippen LogP contribution in [0.15, 0.2) is 18.2 Å². The van der Waals surface area contributed by atoms with Crippen molar-refractivity contribution in [3.8, 4) is 0 Å². The van der Waals surface area contributed by atoms with Crippen LogP contribution >= 0.6 is 0 Å². The summed E-state index contributed by atoms with van der Waals surface area (Å²) in [6.07, 6.45) is 0. The Labute approximate surface area is 117 Å². The third kappa shape index (κ3) is 4.86. The summed E-state index contributed by atoms with van der Waals surface area (Å²) in [4.78, 5) is 13.8. The predicted octanol–water partition coefficient (Wildman–Crippen LogP) is 1.72. The van der Waals surface area contributed by atoms with Gasteiger partial charge >= 0.3 is 5.97 Å². The van der Waals surface area contributed by atoms with Crippen LogP contribution in [0.2, 0.25) is 0 Å². The Kier molecular flexibility index (Phi) is 6.54. The van der Waals surface area contributed by atoms with E-state index in [4.69, 9.17) is 4.74 Å². The highest BCUT2D eigenvalue weighted by atomic mass is 19.2. The Morgan fingerprint density at radius 3 is 2.60 bits per heavy atom. The van der Waals surface area contributed by atoms with E-state index in [1.165, 1.54) is 6.07 Å². The Bertz CT molecular complexity index is 453. The molecule has 1 aromatic carbocycles. The number of hydrogen-bond acceptors (Lipinski definition) is 4. The van der Waals surface area contributed by atoms with Crippen molar-refractivity contribution in [1.29, 1.82) is 0 Å². The second-order valence-corrected chi connectivity index (χ2v) is 4.62. The Morgan fingerprint density at radius 2 is 2.05 bits per heavy atom. The van der Waals surface area contributed by atoms with E-state index in [2.05, 4.69) is 5.32 Å². The molecule has 6 heteroatoms. The third-order valence-electron chi connectivity index (χ3n) is 2.71. The Balaban J connectivity index is 2.85. The summed E-state index contributed by atoms with van der Waals surface area (Å²) in [5.41, 5.74) is 0.348. The van der Waals surface area contributed by atoms with Gasteiger partial charge in [-0.1, -0.05) is 6.07 Å². The van der Waals surface area contributed by atoms with Crippen molar-refractivity contribution < 1.29 is 18.3 Å². The largest absolute Gasteiger partial charge is 0.465 e. The van der Waals surface area contributed by atoms with Crippen LogP contribution in [-0.2, 0) is 9.53 Å². The Morgan fingerprint density at radius 1 is 1.35 bits per heavy atom. The quantitative estimate of drug-likeness (QED) is 0.775. The maximum absolute atomic E-state index is 13.3. The summed E-state index contributed by atoms with van der Waals surface area (Å²) in [5.74, 6) is -2.42. The summed E-state index contributed by atoms with van der Waals surface area (Å²) in [6.45, 7) is 3.16. The van der Waals surface area contributed by atoms with Crippen LogP contribution in [0.25, 0.3) is 0 Å². The highest BCUT2D eigenvalue weighted by molar-refractivity contribution is 5.77. The number of esters is 1. The van der Waals surface area contributed by atoms with E-state index in [0.717, 1.165) is 12.1 Å². The average Bonchev–Trinajstić information content (AvgIpc) is 2.38. The minimum absolute atomic E-state index is 0.231. The topological polar surface area (TPSA) is 41.6 Å². The number of likely N-dealkylation sites (N-methyl/N-ethyl adjacent to an activating group) is 1. The molecule has 0 fully saturated rings. The molecule has 1 N–H and O–H groups in total. The number of benzene rings is 1. The average molecular weight is 286 g/mol. The molecule has 0 heterocycles. The van der Waals surface area contributed by atoms with Crippen molar-refractivity contribution in [2.24, 2.45) is 0 Å². The van der Waals surface area contributed by atoms with E-state index in [1.54, 1.807) is 6.92 Å². The normalized spacial score (nSPS) is 12.5. The second-order valence-electron chi connectivity index (χ2n) is 4.62. The van der Waals surface area contributed by atoms with Gasteiger partial charge < -0.3 is 9.64 Å². The molecule has 0 spiro atoms. The van der Waals surface area contributed by atoms with E-state index in [-0.39, 0.29) is 6.61 Å². The number of carbonyl (C=O) groups excluding carboxylic acids is 1. The lowest BCUT2D eigenvalue weighted by Gasteiger charge is -2.19. The fourth-order valence-corrected chi connectivity index (χ4v) is 1.69. The number of hydrogen-bond donors (Lipinski definition) is 1. The van der Waals surface area contributed by atoms with Gasteiger partial charge in [-0.05, 0) is 38.7 Å². The molecule has 1 aromatic rings. The molecule has 0 aliphatic heterocycles. The van der Waals surface area contributed by atoms with E-state index in [0.29, 0.717) is 18.7 Å². The molecule has 0 radical (unpaired) electrons. The van der Waals surface area contributed by atoms with Crippen LogP contribution < -0.4 is 5.32 Å². The first kappa shape index (κ1) is 16.5. The van der Waals surface area contributed by atoms with Crippen LogP contribution in [0.3, 0.4) is 0 Å². The molecule has 112 valence electrons. The van der Waals surface area contributed by atoms with Crippen molar-refractivity contribution in [2.75, 3.05) is 33.8 Å². The van der Waals surface area contributed by atoms with Gasteiger partial charge in [0.15, 0.2) is 11.6 Å². The SMILES string of the molecule is CCOC(=O)C(NCCN(C)C)c1ccc(F)c(F)c1. The van der Waals surface area contributed by atoms with Crippen molar-refractivity contribution in [1.82, 2.24) is 10.2 Å². The van der Waals surface area contributed by atoms with Crippen LogP contribution in [0.5, 0.6) is 0 Å². The van der Waals surface area contributed by atoms with Gasteiger partial charge in [0.05, 0.1) is 6.61 Å². The summed E-state index contributed by atoms with van der Waals surface area (Å²) in [6, 6.07) is 2.59. The van der Waals surface area contributed by atoms with Crippen LogP contribution in [0.1, 0.15) is 18.5 Å². The highest BCUT2D eigenvalue weighted by Gasteiger charge is 2.22. The molecule has 4 nitrogen and oxygen atoms in total. The summed E-state index contributed by atoms with van der Waals surface area (Å²) >= 11 is 0. The summed E-state index contributed by atoms with van der Waals surface area (Å²) in [5, 5.41) is 2.99. The molecule has 0 aromatic heterocycles. The van der Waals surface area contributed by atoms with Crippen LogP contribution in [-0.4, -0.2) is 44.7 Å². The molecule has 0 saturated heterocycles. The number of rotatable bonds is 7. The Hall–Kier alpha value is -1.53. The first-order valence-electron chi connectivity index (χ1n) is 6.45. The smallest absolute Gasteiger partial charge is 0.327 e. The highest BCUT2D eigenvalue weighted by Crippen LogP contribution is 2.17. The van der Waals surface area contributed by atoms with Gasteiger partial charge in [-0.2, -0.15) is 0 Å². The second kappa shape index (κ2) is 7.91. The zero-order chi connectivity index (χ0) is 15.1. The molecule has 1 rings (SSSR count). The number of halogens is 2. The third-order valence-corrected chi connectivity index (χ3v) is 2.71. The van der Waals surface area contributed by atoms with Crippen molar-refractivity contribution in [3.05, 3.63) is 35.4 Å². The van der Waals surface area contributed by atoms with Gasteiger partial charge in [0.1, 0.15) is 6.04 Å². The maximum atomic E-state index is 13.3. The van der Waals surface area contributed by atoms with Gasteiger partial charge in [-0.3, -0.25) is 5.32 Å². The molecule has 0 amide bonds. The van der Waals surface area contributed by atoms with Gasteiger partial charge in [0.2, 0.25) is 0 Å². The van der Waals surface area contributed by atoms with E-state index < -0.39 is 23.6 Å². The number of nitrogens with zero attached hydrogens (tertiary/aromatic N) is 1. The molecule has 0 aliphatic rings.